The SMILES string of the molecule is COC(=O)c1ccc2cc(-c3ccccc3)n(C(C)C)c2c1. The Kier molecular flexibility index (Phi) is 3.72. The molecular weight excluding hydrogens is 274 g/mol. The van der Waals surface area contributed by atoms with Crippen LogP contribution in [0.2, 0.25) is 0 Å². The third kappa shape index (κ3) is 2.39. The van der Waals surface area contributed by atoms with Gasteiger partial charge >= 0.3 is 5.97 Å². The maximum Gasteiger partial charge on any atom is 0.337 e. The molecule has 0 atom stereocenters. The Hall–Kier alpha value is -2.55. The van der Waals surface area contributed by atoms with Crippen LogP contribution >= 0.6 is 0 Å². The molecule has 0 amide bonds. The van der Waals surface area contributed by atoms with Crippen LogP contribution < -0.4 is 0 Å². The number of rotatable bonds is 3. The van der Waals surface area contributed by atoms with Crippen LogP contribution in [0.4, 0.5) is 0 Å². The van der Waals surface area contributed by atoms with Gasteiger partial charge in [0.25, 0.3) is 0 Å². The maximum atomic E-state index is 11.8. The lowest BCUT2D eigenvalue weighted by Gasteiger charge is -2.15. The number of hydrogen-bond donors (Lipinski definition) is 0. The van der Waals surface area contributed by atoms with E-state index in [1.165, 1.54) is 12.7 Å². The van der Waals surface area contributed by atoms with Crippen molar-refractivity contribution in [1.29, 1.82) is 0 Å². The molecule has 3 aromatic rings. The minimum absolute atomic E-state index is 0.292. The Labute approximate surface area is 130 Å². The Morgan fingerprint density at radius 3 is 2.41 bits per heavy atom. The molecule has 1 aromatic heterocycles. The van der Waals surface area contributed by atoms with Gasteiger partial charge in [-0.15, -0.1) is 0 Å². The fraction of sp³-hybridized carbons (Fsp3) is 0.211. The fourth-order valence-electron chi connectivity index (χ4n) is 2.85. The van der Waals surface area contributed by atoms with E-state index in [1.54, 1.807) is 0 Å². The second-order valence-corrected chi connectivity index (χ2v) is 5.62. The van der Waals surface area contributed by atoms with Gasteiger partial charge in [-0.2, -0.15) is 0 Å². The molecule has 3 nitrogen and oxygen atoms in total. The molecule has 0 unspecified atom stereocenters. The minimum atomic E-state index is -0.306. The van der Waals surface area contributed by atoms with E-state index in [2.05, 4.69) is 36.6 Å². The summed E-state index contributed by atoms with van der Waals surface area (Å²) in [5.74, 6) is -0.306. The lowest BCUT2D eigenvalue weighted by molar-refractivity contribution is 0.0601. The number of nitrogens with zero attached hydrogens (tertiary/aromatic N) is 1. The molecule has 22 heavy (non-hydrogen) atoms. The largest absolute Gasteiger partial charge is 0.465 e. The minimum Gasteiger partial charge on any atom is -0.465 e. The number of methoxy groups -OCH3 is 1. The second kappa shape index (κ2) is 5.68. The molecule has 0 aliphatic rings. The predicted molar refractivity (Wildman–Crippen MR) is 89.1 cm³/mol. The molecule has 0 N–H and O–H groups in total. The molecule has 0 fully saturated rings. The van der Waals surface area contributed by atoms with Crippen molar-refractivity contribution in [1.82, 2.24) is 4.57 Å². The topological polar surface area (TPSA) is 31.2 Å². The average molecular weight is 293 g/mol. The van der Waals surface area contributed by atoms with Crippen LogP contribution in [0.3, 0.4) is 0 Å². The van der Waals surface area contributed by atoms with Crippen LogP contribution in [0.25, 0.3) is 22.2 Å². The van der Waals surface area contributed by atoms with Gasteiger partial charge in [-0.1, -0.05) is 36.4 Å². The standard InChI is InChI=1S/C19H19NO2/c1-13(2)20-17(14-7-5-4-6-8-14)11-15-9-10-16(12-18(15)20)19(21)22-3/h4-13H,1-3H3. The third-order valence-electron chi connectivity index (χ3n) is 3.85. The molecule has 0 aliphatic carbocycles. The summed E-state index contributed by atoms with van der Waals surface area (Å²) in [5, 5.41) is 1.13. The van der Waals surface area contributed by atoms with Gasteiger partial charge in [-0.3, -0.25) is 0 Å². The summed E-state index contributed by atoms with van der Waals surface area (Å²) in [6.07, 6.45) is 0. The highest BCUT2D eigenvalue weighted by Gasteiger charge is 2.15. The van der Waals surface area contributed by atoms with Crippen molar-refractivity contribution in [3.8, 4) is 11.3 Å². The first-order valence-electron chi connectivity index (χ1n) is 7.40. The number of ether oxygens (including phenoxy) is 1. The Morgan fingerprint density at radius 1 is 1.05 bits per heavy atom. The van der Waals surface area contributed by atoms with Gasteiger partial charge in [0, 0.05) is 22.6 Å². The van der Waals surface area contributed by atoms with Crippen molar-refractivity contribution in [3.63, 3.8) is 0 Å². The zero-order valence-corrected chi connectivity index (χ0v) is 13.0. The second-order valence-electron chi connectivity index (χ2n) is 5.62. The molecule has 0 aliphatic heterocycles. The van der Waals surface area contributed by atoms with Gasteiger partial charge in [0.1, 0.15) is 0 Å². The van der Waals surface area contributed by atoms with Crippen molar-refractivity contribution in [2.45, 2.75) is 19.9 Å². The Bertz CT molecular complexity index is 816. The van der Waals surface area contributed by atoms with E-state index in [4.69, 9.17) is 4.74 Å². The Balaban J connectivity index is 2.26. The summed E-state index contributed by atoms with van der Waals surface area (Å²) >= 11 is 0. The zero-order valence-electron chi connectivity index (χ0n) is 13.0. The van der Waals surface area contributed by atoms with Crippen LogP contribution in [0.1, 0.15) is 30.2 Å². The summed E-state index contributed by atoms with van der Waals surface area (Å²) in [5.41, 5.74) is 3.96. The van der Waals surface area contributed by atoms with Crippen molar-refractivity contribution in [3.05, 3.63) is 60.2 Å². The van der Waals surface area contributed by atoms with Crippen LogP contribution in [0, 0.1) is 0 Å². The number of carbonyl (C=O) groups is 1. The van der Waals surface area contributed by atoms with E-state index in [9.17, 15) is 4.79 Å². The molecular formula is C19H19NO2. The molecule has 3 heteroatoms. The van der Waals surface area contributed by atoms with Gasteiger partial charge in [0.2, 0.25) is 0 Å². The number of benzene rings is 2. The summed E-state index contributed by atoms with van der Waals surface area (Å²) in [7, 11) is 1.41. The molecule has 0 saturated heterocycles. The number of aromatic nitrogens is 1. The van der Waals surface area contributed by atoms with Crippen LogP contribution in [0.5, 0.6) is 0 Å². The maximum absolute atomic E-state index is 11.8. The lowest BCUT2D eigenvalue weighted by Crippen LogP contribution is -2.04. The third-order valence-corrected chi connectivity index (χ3v) is 3.85. The van der Waals surface area contributed by atoms with Crippen molar-refractivity contribution in [2.24, 2.45) is 0 Å². The van der Waals surface area contributed by atoms with Crippen molar-refractivity contribution in [2.75, 3.05) is 7.11 Å². The molecule has 112 valence electrons. The van der Waals surface area contributed by atoms with Gasteiger partial charge in [0.15, 0.2) is 0 Å². The number of esters is 1. The molecule has 0 radical (unpaired) electrons. The number of carbonyl (C=O) groups excluding carboxylic acids is 1. The first-order valence-corrected chi connectivity index (χ1v) is 7.40. The zero-order chi connectivity index (χ0) is 15.7. The first-order chi connectivity index (χ1) is 10.6. The summed E-state index contributed by atoms with van der Waals surface area (Å²) in [6.45, 7) is 4.30. The van der Waals surface area contributed by atoms with E-state index in [-0.39, 0.29) is 5.97 Å². The molecule has 2 aromatic carbocycles. The molecule has 0 spiro atoms. The molecule has 0 saturated carbocycles. The molecule has 3 rings (SSSR count). The quantitative estimate of drug-likeness (QED) is 0.657. The molecule has 1 heterocycles. The first kappa shape index (κ1) is 14.4. The Morgan fingerprint density at radius 2 is 1.77 bits per heavy atom. The van der Waals surface area contributed by atoms with E-state index in [1.807, 2.05) is 36.4 Å². The summed E-state index contributed by atoms with van der Waals surface area (Å²) < 4.78 is 7.09. The fourth-order valence-corrected chi connectivity index (χ4v) is 2.85. The predicted octanol–water partition coefficient (Wildman–Crippen LogP) is 4.68. The van der Waals surface area contributed by atoms with Gasteiger partial charge < -0.3 is 9.30 Å². The van der Waals surface area contributed by atoms with E-state index in [0.717, 1.165) is 16.6 Å². The van der Waals surface area contributed by atoms with Gasteiger partial charge in [-0.05, 0) is 37.6 Å². The lowest BCUT2D eigenvalue weighted by atomic mass is 10.1. The monoisotopic (exact) mass is 293 g/mol. The van der Waals surface area contributed by atoms with E-state index in [0.29, 0.717) is 11.6 Å². The normalized spacial score (nSPS) is 11.1. The smallest absolute Gasteiger partial charge is 0.337 e. The number of hydrogen-bond acceptors (Lipinski definition) is 2. The highest BCUT2D eigenvalue weighted by molar-refractivity contribution is 5.96. The van der Waals surface area contributed by atoms with E-state index >= 15 is 0 Å². The van der Waals surface area contributed by atoms with Crippen molar-refractivity contribution < 1.29 is 9.53 Å². The van der Waals surface area contributed by atoms with E-state index < -0.39 is 0 Å². The van der Waals surface area contributed by atoms with Crippen LogP contribution in [-0.4, -0.2) is 17.6 Å². The van der Waals surface area contributed by atoms with Gasteiger partial charge in [0.05, 0.1) is 12.7 Å². The summed E-state index contributed by atoms with van der Waals surface area (Å²) in [4.78, 5) is 11.8. The van der Waals surface area contributed by atoms with Gasteiger partial charge in [-0.25, -0.2) is 4.79 Å². The molecule has 0 bridgehead atoms. The highest BCUT2D eigenvalue weighted by atomic mass is 16.5. The summed E-state index contributed by atoms with van der Waals surface area (Å²) in [6, 6.07) is 18.5. The van der Waals surface area contributed by atoms with Crippen LogP contribution in [-0.2, 0) is 4.74 Å². The van der Waals surface area contributed by atoms with Crippen LogP contribution in [0.15, 0.2) is 54.6 Å². The average Bonchev–Trinajstić information content (AvgIpc) is 2.93. The number of fused-ring (bicyclic) bond motifs is 1. The van der Waals surface area contributed by atoms with Crippen molar-refractivity contribution >= 4 is 16.9 Å². The highest BCUT2D eigenvalue weighted by Crippen LogP contribution is 2.32.